The standard InChI is InChI=1S/C12H13N5O2S/c1-8(12-14-9(2)15-16-12)17-20(18,19)11-5-3-10(7-13)4-6-11/h3-6,8,17H,1-2H3,(H,14,15,16). The number of hydrogen-bond donors (Lipinski definition) is 2. The molecule has 0 aliphatic heterocycles. The van der Waals surface area contributed by atoms with Crippen molar-refractivity contribution in [3.05, 3.63) is 41.5 Å². The molecule has 0 aliphatic rings. The molecule has 0 spiro atoms. The van der Waals surface area contributed by atoms with Crippen molar-refractivity contribution in [2.75, 3.05) is 0 Å². The van der Waals surface area contributed by atoms with Gasteiger partial charge in [-0.15, -0.1) is 0 Å². The molecule has 104 valence electrons. The van der Waals surface area contributed by atoms with E-state index in [-0.39, 0.29) is 4.90 Å². The topological polar surface area (TPSA) is 112 Å². The van der Waals surface area contributed by atoms with Gasteiger partial charge in [-0.05, 0) is 38.1 Å². The Bertz CT molecular complexity index is 743. The Kier molecular flexibility index (Phi) is 3.83. The highest BCUT2D eigenvalue weighted by Crippen LogP contribution is 2.14. The Hall–Kier alpha value is -2.24. The largest absolute Gasteiger partial charge is 0.263 e. The predicted molar refractivity (Wildman–Crippen MR) is 71.0 cm³/mol. The molecule has 0 aliphatic carbocycles. The van der Waals surface area contributed by atoms with Crippen LogP contribution in [0.15, 0.2) is 29.2 Å². The number of hydrogen-bond acceptors (Lipinski definition) is 5. The minimum Gasteiger partial charge on any atom is -0.263 e. The van der Waals surface area contributed by atoms with E-state index in [1.165, 1.54) is 24.3 Å². The van der Waals surface area contributed by atoms with Crippen molar-refractivity contribution in [1.29, 1.82) is 5.26 Å². The molecule has 1 heterocycles. The van der Waals surface area contributed by atoms with Gasteiger partial charge in [-0.2, -0.15) is 10.4 Å². The first-order chi connectivity index (χ1) is 9.42. The molecule has 2 N–H and O–H groups in total. The second kappa shape index (κ2) is 5.40. The van der Waals surface area contributed by atoms with Crippen molar-refractivity contribution in [3.63, 3.8) is 0 Å². The highest BCUT2D eigenvalue weighted by atomic mass is 32.2. The van der Waals surface area contributed by atoms with Gasteiger partial charge in [0, 0.05) is 0 Å². The Morgan fingerprint density at radius 3 is 2.50 bits per heavy atom. The fourth-order valence-electron chi connectivity index (χ4n) is 1.62. The fourth-order valence-corrected chi connectivity index (χ4v) is 2.82. The van der Waals surface area contributed by atoms with Crippen molar-refractivity contribution in [1.82, 2.24) is 19.9 Å². The van der Waals surface area contributed by atoms with Crippen LogP contribution in [-0.4, -0.2) is 23.6 Å². The Morgan fingerprint density at radius 1 is 1.35 bits per heavy atom. The van der Waals surface area contributed by atoms with Crippen LogP contribution in [0.5, 0.6) is 0 Å². The number of benzene rings is 1. The molecule has 20 heavy (non-hydrogen) atoms. The van der Waals surface area contributed by atoms with E-state index < -0.39 is 16.1 Å². The summed E-state index contributed by atoms with van der Waals surface area (Å²) in [6.07, 6.45) is 0. The molecule has 1 aromatic carbocycles. The SMILES string of the molecule is Cc1nc(C(C)NS(=O)(=O)c2ccc(C#N)cc2)n[nH]1. The van der Waals surface area contributed by atoms with Gasteiger partial charge in [0.1, 0.15) is 5.82 Å². The van der Waals surface area contributed by atoms with Gasteiger partial charge in [0.25, 0.3) is 0 Å². The molecule has 0 radical (unpaired) electrons. The molecule has 0 saturated heterocycles. The summed E-state index contributed by atoms with van der Waals surface area (Å²) in [7, 11) is -3.68. The van der Waals surface area contributed by atoms with Gasteiger partial charge in [-0.3, -0.25) is 5.10 Å². The number of aryl methyl sites for hydroxylation is 1. The number of aromatic nitrogens is 3. The van der Waals surface area contributed by atoms with E-state index in [2.05, 4.69) is 19.9 Å². The van der Waals surface area contributed by atoms with E-state index in [9.17, 15) is 8.42 Å². The first-order valence-corrected chi connectivity index (χ1v) is 7.32. The van der Waals surface area contributed by atoms with E-state index in [0.29, 0.717) is 17.2 Å². The Labute approximate surface area is 116 Å². The second-order valence-electron chi connectivity index (χ2n) is 4.26. The van der Waals surface area contributed by atoms with Gasteiger partial charge in [-0.25, -0.2) is 18.1 Å². The lowest BCUT2D eigenvalue weighted by molar-refractivity contribution is 0.560. The first-order valence-electron chi connectivity index (χ1n) is 5.84. The second-order valence-corrected chi connectivity index (χ2v) is 5.97. The molecule has 1 unspecified atom stereocenters. The van der Waals surface area contributed by atoms with Crippen LogP contribution < -0.4 is 4.72 Å². The molecular formula is C12H13N5O2S. The zero-order valence-corrected chi connectivity index (χ0v) is 11.8. The van der Waals surface area contributed by atoms with Gasteiger partial charge in [-0.1, -0.05) is 0 Å². The average molecular weight is 291 g/mol. The van der Waals surface area contributed by atoms with Crippen LogP contribution in [0, 0.1) is 18.3 Å². The number of H-pyrrole nitrogens is 1. The maximum atomic E-state index is 12.2. The number of nitrogens with one attached hydrogen (secondary N) is 2. The minimum absolute atomic E-state index is 0.0932. The van der Waals surface area contributed by atoms with Crippen LogP contribution in [0.3, 0.4) is 0 Å². The lowest BCUT2D eigenvalue weighted by atomic mass is 10.2. The summed E-state index contributed by atoms with van der Waals surface area (Å²) in [5.74, 6) is 0.990. The normalized spacial score (nSPS) is 12.8. The molecule has 1 aromatic heterocycles. The monoisotopic (exact) mass is 291 g/mol. The molecule has 0 saturated carbocycles. The summed E-state index contributed by atoms with van der Waals surface area (Å²) in [4.78, 5) is 4.17. The van der Waals surface area contributed by atoms with Gasteiger partial charge in [0.15, 0.2) is 5.82 Å². The Morgan fingerprint density at radius 2 is 2.00 bits per heavy atom. The summed E-state index contributed by atoms with van der Waals surface area (Å²) in [6.45, 7) is 3.39. The van der Waals surface area contributed by atoms with Crippen molar-refractivity contribution in [2.24, 2.45) is 0 Å². The average Bonchev–Trinajstić information content (AvgIpc) is 2.85. The van der Waals surface area contributed by atoms with Crippen LogP contribution in [-0.2, 0) is 10.0 Å². The quantitative estimate of drug-likeness (QED) is 0.873. The molecule has 2 aromatic rings. The van der Waals surface area contributed by atoms with Crippen LogP contribution in [0.25, 0.3) is 0 Å². The van der Waals surface area contributed by atoms with Crippen molar-refractivity contribution < 1.29 is 8.42 Å². The van der Waals surface area contributed by atoms with E-state index in [1.54, 1.807) is 13.8 Å². The molecule has 2 rings (SSSR count). The van der Waals surface area contributed by atoms with Gasteiger partial charge >= 0.3 is 0 Å². The third kappa shape index (κ3) is 3.01. The fraction of sp³-hybridized carbons (Fsp3) is 0.250. The lowest BCUT2D eigenvalue weighted by Crippen LogP contribution is -2.27. The van der Waals surface area contributed by atoms with Crippen molar-refractivity contribution in [2.45, 2.75) is 24.8 Å². The zero-order valence-electron chi connectivity index (χ0n) is 11.0. The molecular weight excluding hydrogens is 278 g/mol. The van der Waals surface area contributed by atoms with Gasteiger partial charge < -0.3 is 0 Å². The van der Waals surface area contributed by atoms with Crippen LogP contribution in [0.1, 0.15) is 30.2 Å². The highest BCUT2D eigenvalue weighted by molar-refractivity contribution is 7.89. The van der Waals surface area contributed by atoms with E-state index in [4.69, 9.17) is 5.26 Å². The van der Waals surface area contributed by atoms with E-state index >= 15 is 0 Å². The summed E-state index contributed by atoms with van der Waals surface area (Å²) in [5, 5.41) is 15.3. The number of rotatable bonds is 4. The molecule has 8 heteroatoms. The van der Waals surface area contributed by atoms with E-state index in [1.807, 2.05) is 6.07 Å². The maximum absolute atomic E-state index is 12.2. The van der Waals surface area contributed by atoms with E-state index in [0.717, 1.165) is 0 Å². The van der Waals surface area contributed by atoms with Crippen LogP contribution in [0.2, 0.25) is 0 Å². The summed E-state index contributed by atoms with van der Waals surface area (Å²) < 4.78 is 26.8. The number of nitrogens with zero attached hydrogens (tertiary/aromatic N) is 3. The number of aromatic amines is 1. The molecule has 1 atom stereocenters. The van der Waals surface area contributed by atoms with Gasteiger partial charge in [0.05, 0.1) is 22.6 Å². The number of nitriles is 1. The maximum Gasteiger partial charge on any atom is 0.241 e. The van der Waals surface area contributed by atoms with Crippen molar-refractivity contribution in [3.8, 4) is 6.07 Å². The Balaban J connectivity index is 2.20. The minimum atomic E-state index is -3.68. The lowest BCUT2D eigenvalue weighted by Gasteiger charge is -2.11. The molecule has 0 bridgehead atoms. The summed E-state index contributed by atoms with van der Waals surface area (Å²) >= 11 is 0. The summed E-state index contributed by atoms with van der Waals surface area (Å²) in [6, 6.07) is 7.06. The predicted octanol–water partition coefficient (Wildman–Crippen LogP) is 1.02. The summed E-state index contributed by atoms with van der Waals surface area (Å²) in [5.41, 5.74) is 0.404. The van der Waals surface area contributed by atoms with Gasteiger partial charge in [0.2, 0.25) is 10.0 Å². The third-order valence-corrected chi connectivity index (χ3v) is 4.18. The molecule has 0 amide bonds. The molecule has 7 nitrogen and oxygen atoms in total. The zero-order chi connectivity index (χ0) is 14.8. The first kappa shape index (κ1) is 14.2. The molecule has 0 fully saturated rings. The van der Waals surface area contributed by atoms with Crippen LogP contribution >= 0.6 is 0 Å². The van der Waals surface area contributed by atoms with Crippen LogP contribution in [0.4, 0.5) is 0 Å². The smallest absolute Gasteiger partial charge is 0.241 e. The van der Waals surface area contributed by atoms with Crippen molar-refractivity contribution >= 4 is 10.0 Å². The number of sulfonamides is 1. The third-order valence-electron chi connectivity index (χ3n) is 2.63. The highest BCUT2D eigenvalue weighted by Gasteiger charge is 2.20.